The number of aromatic nitrogens is 2. The van der Waals surface area contributed by atoms with Crippen LogP contribution >= 0.6 is 0 Å². The molecule has 0 aliphatic heterocycles. The molecule has 0 spiro atoms. The summed E-state index contributed by atoms with van der Waals surface area (Å²) < 4.78 is 0. The van der Waals surface area contributed by atoms with Crippen molar-refractivity contribution in [2.75, 3.05) is 0 Å². The standard InChI is InChI=1S/C17H16N6O2/c1-10-14-9-13(5-4-8-18)6-7-15(14)22-16(19-10)23-17(20-11(2)24)21-12(3)25/h4-7,9H,1-3H3,(H2,19,20,21,22,23,24,25)/b5-4+. The molecule has 0 bridgehead atoms. The number of aliphatic imine (C=N–C) groups is 1. The zero-order valence-corrected chi connectivity index (χ0v) is 14.0. The molecule has 1 heterocycles. The summed E-state index contributed by atoms with van der Waals surface area (Å²) in [5, 5.41) is 14.3. The molecule has 0 saturated heterocycles. The number of carbonyl (C=O) groups is 2. The van der Waals surface area contributed by atoms with Crippen molar-refractivity contribution >= 4 is 40.7 Å². The van der Waals surface area contributed by atoms with Gasteiger partial charge in [0.2, 0.25) is 17.8 Å². The first-order chi connectivity index (χ1) is 11.9. The van der Waals surface area contributed by atoms with Gasteiger partial charge in [-0.3, -0.25) is 20.2 Å². The van der Waals surface area contributed by atoms with Crippen LogP contribution in [0.15, 0.2) is 29.3 Å². The Morgan fingerprint density at radius 3 is 2.48 bits per heavy atom. The normalized spacial score (nSPS) is 10.3. The van der Waals surface area contributed by atoms with E-state index in [1.807, 2.05) is 18.2 Å². The number of hydrogen-bond donors (Lipinski definition) is 2. The molecule has 0 atom stereocenters. The number of benzene rings is 1. The van der Waals surface area contributed by atoms with Gasteiger partial charge in [0.15, 0.2) is 0 Å². The molecular weight excluding hydrogens is 320 g/mol. The predicted octanol–water partition coefficient (Wildman–Crippen LogP) is 1.73. The highest BCUT2D eigenvalue weighted by Gasteiger charge is 2.08. The number of fused-ring (bicyclic) bond motifs is 1. The van der Waals surface area contributed by atoms with Gasteiger partial charge in [0.25, 0.3) is 5.95 Å². The van der Waals surface area contributed by atoms with E-state index in [1.165, 1.54) is 19.9 Å². The molecule has 126 valence electrons. The van der Waals surface area contributed by atoms with E-state index in [0.717, 1.165) is 10.9 Å². The Morgan fingerprint density at radius 2 is 1.88 bits per heavy atom. The van der Waals surface area contributed by atoms with Gasteiger partial charge in [0, 0.05) is 25.3 Å². The third kappa shape index (κ3) is 4.94. The van der Waals surface area contributed by atoms with Gasteiger partial charge in [0.1, 0.15) is 0 Å². The van der Waals surface area contributed by atoms with Crippen molar-refractivity contribution < 1.29 is 9.59 Å². The Bertz CT molecular complexity index is 922. The van der Waals surface area contributed by atoms with Gasteiger partial charge in [-0.15, -0.1) is 0 Å². The van der Waals surface area contributed by atoms with Gasteiger partial charge in [0.05, 0.1) is 17.3 Å². The number of nitriles is 1. The van der Waals surface area contributed by atoms with Crippen LogP contribution in [0.1, 0.15) is 25.1 Å². The average molecular weight is 336 g/mol. The SMILES string of the molecule is CC(=O)NC(=Nc1nc(C)c2cc(/C=C/C#N)ccc2n1)NC(C)=O. The number of rotatable bonds is 2. The number of carbonyl (C=O) groups excluding carboxylic acids is 2. The first-order valence-electron chi connectivity index (χ1n) is 7.37. The lowest BCUT2D eigenvalue weighted by Crippen LogP contribution is -2.41. The molecule has 1 aromatic carbocycles. The van der Waals surface area contributed by atoms with E-state index < -0.39 is 0 Å². The van der Waals surface area contributed by atoms with E-state index in [9.17, 15) is 9.59 Å². The molecule has 2 N–H and O–H groups in total. The van der Waals surface area contributed by atoms with E-state index in [0.29, 0.717) is 11.2 Å². The topological polar surface area (TPSA) is 120 Å². The summed E-state index contributed by atoms with van der Waals surface area (Å²) in [6.45, 7) is 4.41. The lowest BCUT2D eigenvalue weighted by Gasteiger charge is -2.08. The van der Waals surface area contributed by atoms with Crippen LogP contribution in [0.4, 0.5) is 5.95 Å². The molecule has 2 aromatic rings. The minimum Gasteiger partial charge on any atom is -0.296 e. The minimum absolute atomic E-state index is 0.0349. The molecule has 0 saturated carbocycles. The zero-order valence-electron chi connectivity index (χ0n) is 14.0. The molecule has 1 aromatic heterocycles. The maximum atomic E-state index is 11.2. The highest BCUT2D eigenvalue weighted by molar-refractivity contribution is 6.04. The Labute approximate surface area is 144 Å². The van der Waals surface area contributed by atoms with E-state index in [4.69, 9.17) is 5.26 Å². The summed E-state index contributed by atoms with van der Waals surface area (Å²) in [7, 11) is 0. The number of hydrogen-bond acceptors (Lipinski definition) is 6. The van der Waals surface area contributed by atoms with E-state index in [-0.39, 0.29) is 23.7 Å². The Kier molecular flexibility index (Phi) is 5.53. The Hall–Kier alpha value is -3.60. The quantitative estimate of drug-likeness (QED) is 0.491. The summed E-state index contributed by atoms with van der Waals surface area (Å²) >= 11 is 0. The second-order valence-electron chi connectivity index (χ2n) is 5.17. The van der Waals surface area contributed by atoms with Crippen molar-refractivity contribution in [3.8, 4) is 6.07 Å². The number of allylic oxidation sites excluding steroid dienone is 1. The maximum Gasteiger partial charge on any atom is 0.253 e. The molecule has 2 amide bonds. The molecule has 8 heteroatoms. The highest BCUT2D eigenvalue weighted by Crippen LogP contribution is 2.20. The molecule has 0 aliphatic rings. The second-order valence-corrected chi connectivity index (χ2v) is 5.17. The summed E-state index contributed by atoms with van der Waals surface area (Å²) in [5.41, 5.74) is 2.19. The van der Waals surface area contributed by atoms with E-state index in [2.05, 4.69) is 25.6 Å². The van der Waals surface area contributed by atoms with Crippen LogP contribution in [-0.4, -0.2) is 27.7 Å². The Balaban J connectivity index is 2.47. The first kappa shape index (κ1) is 17.7. The van der Waals surface area contributed by atoms with Gasteiger partial charge < -0.3 is 0 Å². The summed E-state index contributed by atoms with van der Waals surface area (Å²) in [5.74, 6) is -0.673. The van der Waals surface area contributed by atoms with Crippen LogP contribution < -0.4 is 10.6 Å². The molecule has 0 fully saturated rings. The van der Waals surface area contributed by atoms with Gasteiger partial charge >= 0.3 is 0 Å². The number of nitrogens with zero attached hydrogens (tertiary/aromatic N) is 4. The molecule has 2 rings (SSSR count). The van der Waals surface area contributed by atoms with Gasteiger partial charge in [-0.25, -0.2) is 9.97 Å². The molecule has 0 aliphatic carbocycles. The highest BCUT2D eigenvalue weighted by atomic mass is 16.2. The van der Waals surface area contributed by atoms with Crippen LogP contribution in [0.3, 0.4) is 0 Å². The third-order valence-electron chi connectivity index (χ3n) is 3.05. The number of aryl methyl sites for hydroxylation is 1. The summed E-state index contributed by atoms with van der Waals surface area (Å²) in [4.78, 5) is 35.1. The number of guanidine groups is 1. The molecule has 25 heavy (non-hydrogen) atoms. The van der Waals surface area contributed by atoms with Crippen molar-refractivity contribution in [3.63, 3.8) is 0 Å². The summed E-state index contributed by atoms with van der Waals surface area (Å²) in [6, 6.07) is 7.42. The van der Waals surface area contributed by atoms with Crippen LogP contribution in [0.25, 0.3) is 17.0 Å². The van der Waals surface area contributed by atoms with Crippen LogP contribution in [-0.2, 0) is 9.59 Å². The summed E-state index contributed by atoms with van der Waals surface area (Å²) in [6.07, 6.45) is 3.08. The first-order valence-corrected chi connectivity index (χ1v) is 7.37. The Morgan fingerprint density at radius 1 is 1.20 bits per heavy atom. The number of amides is 2. The molecule has 0 unspecified atom stereocenters. The van der Waals surface area contributed by atoms with Gasteiger partial charge in [-0.05, 0) is 30.7 Å². The average Bonchev–Trinajstić information content (AvgIpc) is 2.52. The van der Waals surface area contributed by atoms with Crippen molar-refractivity contribution in [2.24, 2.45) is 4.99 Å². The largest absolute Gasteiger partial charge is 0.296 e. The molecular formula is C17H16N6O2. The van der Waals surface area contributed by atoms with E-state index in [1.54, 1.807) is 19.1 Å². The smallest absolute Gasteiger partial charge is 0.253 e. The fraction of sp³-hybridized carbons (Fsp3) is 0.176. The van der Waals surface area contributed by atoms with E-state index >= 15 is 0 Å². The number of nitrogens with one attached hydrogen (secondary N) is 2. The van der Waals surface area contributed by atoms with Crippen molar-refractivity contribution in [1.82, 2.24) is 20.6 Å². The molecule has 8 nitrogen and oxygen atoms in total. The van der Waals surface area contributed by atoms with Crippen LogP contribution in [0.2, 0.25) is 0 Å². The minimum atomic E-state index is -0.376. The predicted molar refractivity (Wildman–Crippen MR) is 93.7 cm³/mol. The maximum absolute atomic E-state index is 11.2. The van der Waals surface area contributed by atoms with Crippen LogP contribution in [0.5, 0.6) is 0 Å². The lowest BCUT2D eigenvalue weighted by molar-refractivity contribution is -0.117. The van der Waals surface area contributed by atoms with Crippen molar-refractivity contribution in [3.05, 3.63) is 35.5 Å². The fourth-order valence-corrected chi connectivity index (χ4v) is 2.09. The van der Waals surface area contributed by atoms with Gasteiger partial charge in [-0.1, -0.05) is 6.07 Å². The molecule has 0 radical (unpaired) electrons. The fourth-order valence-electron chi connectivity index (χ4n) is 2.09. The lowest BCUT2D eigenvalue weighted by atomic mass is 10.1. The van der Waals surface area contributed by atoms with Crippen molar-refractivity contribution in [1.29, 1.82) is 5.26 Å². The second kappa shape index (κ2) is 7.79. The van der Waals surface area contributed by atoms with Crippen LogP contribution in [0, 0.1) is 18.3 Å². The van der Waals surface area contributed by atoms with Crippen molar-refractivity contribution in [2.45, 2.75) is 20.8 Å². The zero-order chi connectivity index (χ0) is 18.4. The van der Waals surface area contributed by atoms with Gasteiger partial charge in [-0.2, -0.15) is 10.3 Å². The monoisotopic (exact) mass is 336 g/mol. The third-order valence-corrected chi connectivity index (χ3v) is 3.05.